The van der Waals surface area contributed by atoms with Crippen LogP contribution < -0.4 is 15.8 Å². The molecule has 0 spiro atoms. The molecule has 6 heteroatoms. The maximum absolute atomic E-state index is 5.91. The van der Waals surface area contributed by atoms with Gasteiger partial charge in [-0.25, -0.2) is 0 Å². The molecule has 0 saturated carbocycles. The van der Waals surface area contributed by atoms with Crippen molar-refractivity contribution in [3.05, 3.63) is 24.3 Å². The number of hydrogen-bond acceptors (Lipinski definition) is 3. The number of nitrogens with zero attached hydrogens (tertiary/aromatic N) is 2. The van der Waals surface area contributed by atoms with Crippen molar-refractivity contribution in [1.29, 1.82) is 0 Å². The van der Waals surface area contributed by atoms with Gasteiger partial charge in [0.05, 0.1) is 12.6 Å². The zero-order valence-electron chi connectivity index (χ0n) is 14.9. The summed E-state index contributed by atoms with van der Waals surface area (Å²) in [6.45, 7) is 10.0. The van der Waals surface area contributed by atoms with E-state index in [2.05, 4.69) is 36.1 Å². The van der Waals surface area contributed by atoms with Gasteiger partial charge >= 0.3 is 0 Å². The fraction of sp³-hybridized carbons (Fsp3) is 0.588. The van der Waals surface area contributed by atoms with Crippen LogP contribution in [0.2, 0.25) is 0 Å². The summed E-state index contributed by atoms with van der Waals surface area (Å²) in [5.74, 6) is 1.29. The standard InChI is InChI=1S/C17H30N4O.HI/c1-6-14(4)21(5)12-11-19-17(18)20-15-7-9-16(10-8-15)22-13(2)3;/h7-10,13-14H,6,11-12H2,1-5H3,(H3,18,19,20);1H. The van der Waals surface area contributed by atoms with Crippen LogP contribution in [0.25, 0.3) is 0 Å². The van der Waals surface area contributed by atoms with Crippen molar-refractivity contribution in [2.45, 2.75) is 46.3 Å². The highest BCUT2D eigenvalue weighted by atomic mass is 127. The van der Waals surface area contributed by atoms with E-state index in [1.807, 2.05) is 38.1 Å². The molecule has 0 fully saturated rings. The average Bonchev–Trinajstić information content (AvgIpc) is 2.47. The van der Waals surface area contributed by atoms with Crippen LogP contribution in [0.15, 0.2) is 29.3 Å². The Kier molecular flexibility index (Phi) is 11.0. The number of guanidine groups is 1. The molecule has 1 aromatic rings. The van der Waals surface area contributed by atoms with E-state index < -0.39 is 0 Å². The molecule has 0 heterocycles. The number of rotatable bonds is 8. The van der Waals surface area contributed by atoms with Gasteiger partial charge in [-0.3, -0.25) is 4.99 Å². The van der Waals surface area contributed by atoms with E-state index in [1.165, 1.54) is 0 Å². The third-order valence-electron chi connectivity index (χ3n) is 3.58. The van der Waals surface area contributed by atoms with Crippen molar-refractivity contribution < 1.29 is 4.74 Å². The monoisotopic (exact) mass is 434 g/mol. The molecule has 1 rings (SSSR count). The van der Waals surface area contributed by atoms with Crippen LogP contribution in [0.5, 0.6) is 5.75 Å². The largest absolute Gasteiger partial charge is 0.491 e. The molecule has 0 aliphatic heterocycles. The first kappa shape index (κ1) is 22.0. The Labute approximate surface area is 157 Å². The van der Waals surface area contributed by atoms with E-state index in [4.69, 9.17) is 10.5 Å². The van der Waals surface area contributed by atoms with E-state index >= 15 is 0 Å². The van der Waals surface area contributed by atoms with Crippen LogP contribution in [0.3, 0.4) is 0 Å². The van der Waals surface area contributed by atoms with E-state index in [1.54, 1.807) is 0 Å². The van der Waals surface area contributed by atoms with Gasteiger partial charge in [0.25, 0.3) is 0 Å². The Morgan fingerprint density at radius 1 is 1.26 bits per heavy atom. The van der Waals surface area contributed by atoms with Crippen LogP contribution in [0.1, 0.15) is 34.1 Å². The molecule has 0 aliphatic carbocycles. The molecule has 1 aromatic carbocycles. The van der Waals surface area contributed by atoms with Crippen molar-refractivity contribution in [1.82, 2.24) is 4.90 Å². The minimum Gasteiger partial charge on any atom is -0.491 e. The topological polar surface area (TPSA) is 62.9 Å². The van der Waals surface area contributed by atoms with Crippen molar-refractivity contribution in [2.75, 3.05) is 25.5 Å². The second kappa shape index (κ2) is 11.5. The zero-order chi connectivity index (χ0) is 16.5. The molecule has 23 heavy (non-hydrogen) atoms. The number of hydrogen-bond donors (Lipinski definition) is 2. The van der Waals surface area contributed by atoms with Gasteiger partial charge in [-0.1, -0.05) is 6.92 Å². The minimum absolute atomic E-state index is 0. The molecule has 0 saturated heterocycles. The van der Waals surface area contributed by atoms with E-state index in [0.29, 0.717) is 18.5 Å². The molecule has 0 bridgehead atoms. The number of aliphatic imine (C=N–C) groups is 1. The van der Waals surface area contributed by atoms with Crippen LogP contribution in [-0.4, -0.2) is 43.1 Å². The van der Waals surface area contributed by atoms with Gasteiger partial charge in [0.15, 0.2) is 5.96 Å². The maximum Gasteiger partial charge on any atom is 0.193 e. The highest BCUT2D eigenvalue weighted by molar-refractivity contribution is 14.0. The number of halogens is 1. The number of nitrogens with one attached hydrogen (secondary N) is 1. The van der Waals surface area contributed by atoms with Gasteiger partial charge in [0.2, 0.25) is 0 Å². The predicted octanol–water partition coefficient (Wildman–Crippen LogP) is 3.55. The molecule has 0 amide bonds. The average molecular weight is 434 g/mol. The summed E-state index contributed by atoms with van der Waals surface area (Å²) >= 11 is 0. The Bertz CT molecular complexity index is 462. The van der Waals surface area contributed by atoms with Gasteiger partial charge in [-0.15, -0.1) is 24.0 Å². The molecule has 1 unspecified atom stereocenters. The van der Waals surface area contributed by atoms with Crippen LogP contribution >= 0.6 is 24.0 Å². The zero-order valence-corrected chi connectivity index (χ0v) is 17.2. The Morgan fingerprint density at radius 3 is 2.39 bits per heavy atom. The SMILES string of the molecule is CCC(C)N(C)CCN=C(N)Nc1ccc(OC(C)C)cc1.I. The first-order valence-electron chi connectivity index (χ1n) is 7.96. The number of nitrogens with two attached hydrogens (primary N) is 1. The lowest BCUT2D eigenvalue weighted by molar-refractivity contribution is 0.242. The highest BCUT2D eigenvalue weighted by Crippen LogP contribution is 2.16. The Balaban J connectivity index is 0.00000484. The van der Waals surface area contributed by atoms with E-state index in [9.17, 15) is 0 Å². The number of benzene rings is 1. The first-order valence-corrected chi connectivity index (χ1v) is 7.96. The fourth-order valence-electron chi connectivity index (χ4n) is 1.94. The van der Waals surface area contributed by atoms with Crippen molar-refractivity contribution in [3.8, 4) is 5.75 Å². The molecule has 0 radical (unpaired) electrons. The summed E-state index contributed by atoms with van der Waals surface area (Å²) in [5.41, 5.74) is 6.82. The van der Waals surface area contributed by atoms with Crippen molar-refractivity contribution in [2.24, 2.45) is 10.7 Å². The van der Waals surface area contributed by atoms with Gasteiger partial charge in [-0.2, -0.15) is 0 Å². The van der Waals surface area contributed by atoms with Gasteiger partial charge in [0.1, 0.15) is 5.75 Å². The number of ether oxygens (including phenoxy) is 1. The molecular weight excluding hydrogens is 403 g/mol. The molecule has 3 N–H and O–H groups in total. The van der Waals surface area contributed by atoms with E-state index in [0.717, 1.165) is 24.4 Å². The minimum atomic E-state index is 0. The maximum atomic E-state index is 5.91. The Morgan fingerprint density at radius 2 is 1.87 bits per heavy atom. The van der Waals surface area contributed by atoms with Gasteiger partial charge in [-0.05, 0) is 58.5 Å². The highest BCUT2D eigenvalue weighted by Gasteiger charge is 2.05. The Hall–Kier alpha value is -1.02. The van der Waals surface area contributed by atoms with Crippen molar-refractivity contribution >= 4 is 35.6 Å². The normalized spacial score (nSPS) is 12.9. The second-order valence-electron chi connectivity index (χ2n) is 5.82. The third kappa shape index (κ3) is 9.00. The number of likely N-dealkylation sites (N-methyl/N-ethyl adjacent to an activating group) is 1. The lowest BCUT2D eigenvalue weighted by Gasteiger charge is -2.22. The van der Waals surface area contributed by atoms with Gasteiger partial charge < -0.3 is 20.7 Å². The lowest BCUT2D eigenvalue weighted by atomic mass is 10.2. The van der Waals surface area contributed by atoms with Crippen LogP contribution in [0.4, 0.5) is 5.69 Å². The first-order chi connectivity index (χ1) is 10.4. The summed E-state index contributed by atoms with van der Waals surface area (Å²) in [6, 6.07) is 8.29. The van der Waals surface area contributed by atoms with Crippen LogP contribution in [0, 0.1) is 0 Å². The van der Waals surface area contributed by atoms with Crippen LogP contribution in [-0.2, 0) is 0 Å². The molecule has 0 aliphatic rings. The fourth-order valence-corrected chi connectivity index (χ4v) is 1.94. The van der Waals surface area contributed by atoms with E-state index in [-0.39, 0.29) is 30.1 Å². The van der Waals surface area contributed by atoms with Crippen molar-refractivity contribution in [3.63, 3.8) is 0 Å². The third-order valence-corrected chi connectivity index (χ3v) is 3.58. The summed E-state index contributed by atoms with van der Waals surface area (Å²) in [7, 11) is 2.11. The summed E-state index contributed by atoms with van der Waals surface area (Å²) in [6.07, 6.45) is 1.31. The summed E-state index contributed by atoms with van der Waals surface area (Å²) < 4.78 is 5.60. The smallest absolute Gasteiger partial charge is 0.193 e. The quantitative estimate of drug-likeness (QED) is 0.373. The lowest BCUT2D eigenvalue weighted by Crippen LogP contribution is -2.31. The summed E-state index contributed by atoms with van der Waals surface area (Å²) in [4.78, 5) is 6.64. The second-order valence-corrected chi connectivity index (χ2v) is 5.82. The van der Waals surface area contributed by atoms with Gasteiger partial charge in [0, 0.05) is 18.3 Å². The molecule has 132 valence electrons. The molecule has 0 aromatic heterocycles. The summed E-state index contributed by atoms with van der Waals surface area (Å²) in [5, 5.41) is 3.09. The number of anilines is 1. The molecule has 1 atom stereocenters. The predicted molar refractivity (Wildman–Crippen MR) is 110 cm³/mol. The molecule has 5 nitrogen and oxygen atoms in total. The molecular formula is C17H31IN4O.